The number of carbonyl (C=O) groups is 1. The fraction of sp³-hybridized carbons (Fsp3) is 0.364. The molecule has 0 radical (unpaired) electrons. The van der Waals surface area contributed by atoms with E-state index in [1.165, 1.54) is 12.1 Å². The second-order valence-corrected chi connectivity index (χ2v) is 5.75. The maximum atomic E-state index is 12.3. The van der Waals surface area contributed by atoms with Gasteiger partial charge in [-0.05, 0) is 30.7 Å². The van der Waals surface area contributed by atoms with E-state index in [9.17, 15) is 22.0 Å². The van der Waals surface area contributed by atoms with Crippen molar-refractivity contribution in [3.05, 3.63) is 24.3 Å². The van der Waals surface area contributed by atoms with Crippen LogP contribution < -0.4 is 11.1 Å². The van der Waals surface area contributed by atoms with Crippen molar-refractivity contribution in [1.29, 1.82) is 0 Å². The van der Waals surface area contributed by atoms with E-state index in [4.69, 9.17) is 5.73 Å². The van der Waals surface area contributed by atoms with E-state index in [0.29, 0.717) is 12.1 Å². The number of benzene rings is 1. The molecule has 0 unspecified atom stereocenters. The summed E-state index contributed by atoms with van der Waals surface area (Å²) in [5.74, 6) is -3.89. The number of alkyl halides is 2. The Labute approximate surface area is 109 Å². The molecule has 0 saturated carbocycles. The van der Waals surface area contributed by atoms with Crippen LogP contribution in [-0.2, 0) is 14.6 Å². The number of hydrogen-bond donors (Lipinski definition) is 2. The molecule has 1 aromatic carbocycles. The van der Waals surface area contributed by atoms with Crippen LogP contribution in [0.4, 0.5) is 14.5 Å². The van der Waals surface area contributed by atoms with Crippen LogP contribution >= 0.6 is 0 Å². The van der Waals surface area contributed by atoms with E-state index in [1.54, 1.807) is 6.92 Å². The van der Waals surface area contributed by atoms with Crippen LogP contribution in [-0.4, -0.2) is 26.1 Å². The predicted molar refractivity (Wildman–Crippen MR) is 66.5 cm³/mol. The summed E-state index contributed by atoms with van der Waals surface area (Å²) in [6.45, 7) is 1.74. The largest absolute Gasteiger partial charge is 0.341 e. The molecule has 0 spiro atoms. The zero-order valence-electron chi connectivity index (χ0n) is 10.1. The van der Waals surface area contributed by atoms with Crippen LogP contribution in [0.1, 0.15) is 13.3 Å². The highest BCUT2D eigenvalue weighted by atomic mass is 32.2. The molecule has 1 amide bonds. The number of amides is 1. The summed E-state index contributed by atoms with van der Waals surface area (Å²) in [5, 5.41) is 2.45. The molecule has 0 fully saturated rings. The lowest BCUT2D eigenvalue weighted by Crippen LogP contribution is -2.34. The third-order valence-electron chi connectivity index (χ3n) is 2.46. The molecule has 0 aromatic heterocycles. The number of carbonyl (C=O) groups excluding carboxylic acids is 1. The second kappa shape index (κ2) is 6.07. The molecule has 1 rings (SSSR count). The molecule has 1 aromatic rings. The van der Waals surface area contributed by atoms with Gasteiger partial charge in [0.05, 0.1) is 10.9 Å². The van der Waals surface area contributed by atoms with E-state index < -0.39 is 32.4 Å². The summed E-state index contributed by atoms with van der Waals surface area (Å²) in [7, 11) is -4.61. The standard InChI is InChI=1S/C11H14F2N2O3S/c1-2-9(14)10(16)15-7-3-5-8(6-4-7)19(17,18)11(12)13/h3-6,9,11H,2,14H2,1H3,(H,15,16)/t9-/m1/s1. The highest BCUT2D eigenvalue weighted by Crippen LogP contribution is 2.20. The topological polar surface area (TPSA) is 89.3 Å². The Balaban J connectivity index is 2.86. The number of nitrogens with one attached hydrogen (secondary N) is 1. The number of halogens is 2. The molecule has 8 heteroatoms. The van der Waals surface area contributed by atoms with Crippen molar-refractivity contribution in [3.8, 4) is 0 Å². The van der Waals surface area contributed by atoms with Crippen LogP contribution in [0.3, 0.4) is 0 Å². The van der Waals surface area contributed by atoms with Gasteiger partial charge < -0.3 is 11.1 Å². The van der Waals surface area contributed by atoms with Crippen LogP contribution in [0.15, 0.2) is 29.2 Å². The molecule has 19 heavy (non-hydrogen) atoms. The van der Waals surface area contributed by atoms with Gasteiger partial charge in [0, 0.05) is 5.69 Å². The summed E-state index contributed by atoms with van der Waals surface area (Å²) < 4.78 is 46.9. The second-order valence-electron chi connectivity index (χ2n) is 3.83. The molecule has 106 valence electrons. The van der Waals surface area contributed by atoms with Gasteiger partial charge in [-0.3, -0.25) is 4.79 Å². The molecule has 3 N–H and O–H groups in total. The first kappa shape index (κ1) is 15.5. The molecule has 1 atom stereocenters. The quantitative estimate of drug-likeness (QED) is 0.857. The maximum Gasteiger partial charge on any atom is 0.341 e. The van der Waals surface area contributed by atoms with Gasteiger partial charge in [-0.15, -0.1) is 0 Å². The van der Waals surface area contributed by atoms with E-state index >= 15 is 0 Å². The van der Waals surface area contributed by atoms with E-state index in [0.717, 1.165) is 12.1 Å². The van der Waals surface area contributed by atoms with E-state index in [1.807, 2.05) is 0 Å². The van der Waals surface area contributed by atoms with Crippen LogP contribution in [0.5, 0.6) is 0 Å². The molecular formula is C11H14F2N2O3S. The van der Waals surface area contributed by atoms with Gasteiger partial charge in [0.2, 0.25) is 15.7 Å². The first-order chi connectivity index (χ1) is 8.78. The lowest BCUT2D eigenvalue weighted by atomic mass is 10.2. The minimum Gasteiger partial charge on any atom is -0.325 e. The summed E-state index contributed by atoms with van der Waals surface area (Å²) in [6, 6.07) is 3.80. The summed E-state index contributed by atoms with van der Waals surface area (Å²) in [5.41, 5.74) is 5.79. The van der Waals surface area contributed by atoms with Crippen LogP contribution in [0, 0.1) is 0 Å². The fourth-order valence-corrected chi connectivity index (χ4v) is 1.97. The number of nitrogens with two attached hydrogens (primary N) is 1. The van der Waals surface area contributed by atoms with Gasteiger partial charge in [0.25, 0.3) is 0 Å². The zero-order chi connectivity index (χ0) is 14.6. The first-order valence-electron chi connectivity index (χ1n) is 5.47. The Morgan fingerprint density at radius 2 is 1.84 bits per heavy atom. The monoisotopic (exact) mass is 292 g/mol. The molecule has 0 bridgehead atoms. The lowest BCUT2D eigenvalue weighted by molar-refractivity contribution is -0.117. The molecule has 5 nitrogen and oxygen atoms in total. The van der Waals surface area contributed by atoms with Crippen molar-refractivity contribution in [2.45, 2.75) is 30.0 Å². The SMILES string of the molecule is CC[C@@H](N)C(=O)Nc1ccc(S(=O)(=O)C(F)F)cc1. The number of rotatable bonds is 5. The number of hydrogen-bond acceptors (Lipinski definition) is 4. The van der Waals surface area contributed by atoms with Gasteiger partial charge in [0.1, 0.15) is 0 Å². The van der Waals surface area contributed by atoms with Crippen molar-refractivity contribution in [2.75, 3.05) is 5.32 Å². The Morgan fingerprint density at radius 3 is 2.26 bits per heavy atom. The summed E-state index contributed by atoms with van der Waals surface area (Å²) in [4.78, 5) is 11.0. The molecule has 0 aliphatic rings. The summed E-state index contributed by atoms with van der Waals surface area (Å²) >= 11 is 0. The van der Waals surface area contributed by atoms with Gasteiger partial charge in [-0.2, -0.15) is 8.78 Å². The van der Waals surface area contributed by atoms with Gasteiger partial charge in [-0.25, -0.2) is 8.42 Å². The normalized spacial score (nSPS) is 13.3. The van der Waals surface area contributed by atoms with Gasteiger partial charge in [0.15, 0.2) is 0 Å². The van der Waals surface area contributed by atoms with Crippen molar-refractivity contribution in [3.63, 3.8) is 0 Å². The van der Waals surface area contributed by atoms with Crippen molar-refractivity contribution < 1.29 is 22.0 Å². The third kappa shape index (κ3) is 3.71. The molecule has 0 aliphatic heterocycles. The van der Waals surface area contributed by atoms with Gasteiger partial charge in [-0.1, -0.05) is 6.92 Å². The van der Waals surface area contributed by atoms with E-state index in [-0.39, 0.29) is 0 Å². The Morgan fingerprint density at radius 1 is 1.32 bits per heavy atom. The molecule has 0 heterocycles. The van der Waals surface area contributed by atoms with Gasteiger partial charge >= 0.3 is 5.76 Å². The zero-order valence-corrected chi connectivity index (χ0v) is 11.0. The molecule has 0 saturated heterocycles. The smallest absolute Gasteiger partial charge is 0.325 e. The highest BCUT2D eigenvalue weighted by Gasteiger charge is 2.26. The Hall–Kier alpha value is -1.54. The van der Waals surface area contributed by atoms with Crippen molar-refractivity contribution in [1.82, 2.24) is 0 Å². The number of sulfone groups is 1. The third-order valence-corrected chi connectivity index (χ3v) is 3.86. The molecular weight excluding hydrogens is 278 g/mol. The fourth-order valence-electron chi connectivity index (χ4n) is 1.25. The van der Waals surface area contributed by atoms with Crippen LogP contribution in [0.2, 0.25) is 0 Å². The Bertz CT molecular complexity index is 544. The minimum absolute atomic E-state index is 0.294. The maximum absolute atomic E-state index is 12.3. The minimum atomic E-state index is -4.61. The summed E-state index contributed by atoms with van der Waals surface area (Å²) in [6.07, 6.45) is 0.448. The average molecular weight is 292 g/mol. The van der Waals surface area contributed by atoms with Crippen LogP contribution in [0.25, 0.3) is 0 Å². The average Bonchev–Trinajstić information content (AvgIpc) is 2.38. The molecule has 0 aliphatic carbocycles. The first-order valence-corrected chi connectivity index (χ1v) is 7.02. The highest BCUT2D eigenvalue weighted by molar-refractivity contribution is 7.91. The van der Waals surface area contributed by atoms with Crippen molar-refractivity contribution in [2.24, 2.45) is 5.73 Å². The predicted octanol–water partition coefficient (Wildman–Crippen LogP) is 1.36. The Kier molecular flexibility index (Phi) is 4.96. The lowest BCUT2D eigenvalue weighted by Gasteiger charge is -2.10. The number of anilines is 1. The van der Waals surface area contributed by atoms with Crippen molar-refractivity contribution >= 4 is 21.4 Å². The van der Waals surface area contributed by atoms with E-state index in [2.05, 4.69) is 5.32 Å².